The molecule has 4 nitrogen and oxygen atoms in total. The predicted molar refractivity (Wildman–Crippen MR) is 159 cm³/mol. The number of hydrogen-bond acceptors (Lipinski definition) is 3. The van der Waals surface area contributed by atoms with Gasteiger partial charge in [-0.1, -0.05) is 51.5 Å². The van der Waals surface area contributed by atoms with Crippen molar-refractivity contribution in [3.63, 3.8) is 0 Å². The summed E-state index contributed by atoms with van der Waals surface area (Å²) in [5.41, 5.74) is 2.21. The van der Waals surface area contributed by atoms with Crippen LogP contribution in [0, 0.1) is 29.1 Å². The second-order valence-corrected chi connectivity index (χ2v) is 14.5. The second kappa shape index (κ2) is 14.4. The number of ketones is 1. The van der Waals surface area contributed by atoms with Gasteiger partial charge in [0.15, 0.2) is 0 Å². The Kier molecular flexibility index (Phi) is 11.5. The van der Waals surface area contributed by atoms with Gasteiger partial charge in [0.2, 0.25) is 0 Å². The highest BCUT2D eigenvalue weighted by Crippen LogP contribution is 2.62. The second-order valence-electron chi connectivity index (χ2n) is 14.5. The molecule has 0 amide bonds. The van der Waals surface area contributed by atoms with Crippen molar-refractivity contribution in [1.82, 2.24) is 0 Å². The molecular weight excluding hydrogens is 655 g/mol. The maximum atomic E-state index is 13.8. The molecule has 0 aromatic heterocycles. The van der Waals surface area contributed by atoms with Gasteiger partial charge in [-0.25, -0.2) is 0 Å². The van der Waals surface area contributed by atoms with Gasteiger partial charge in [-0.05, 0) is 98.3 Å². The lowest BCUT2D eigenvalue weighted by molar-refractivity contribution is -0.396. The molecule has 2 N–H and O–H groups in total. The molecule has 0 radical (unpaired) electrons. The Hall–Kier alpha value is -2.47. The number of carbonyl (C=O) groups is 2. The highest BCUT2D eigenvalue weighted by Gasteiger charge is 2.81. The van der Waals surface area contributed by atoms with Gasteiger partial charge in [-0.15, -0.1) is 0 Å². The van der Waals surface area contributed by atoms with Gasteiger partial charge in [-0.3, -0.25) is 9.59 Å². The molecule has 0 aliphatic heterocycles. The van der Waals surface area contributed by atoms with Crippen molar-refractivity contribution in [2.24, 2.45) is 29.1 Å². The molecule has 0 heterocycles. The van der Waals surface area contributed by atoms with Crippen LogP contribution in [0.25, 0.3) is 0 Å². The summed E-state index contributed by atoms with van der Waals surface area (Å²) in [6.07, 6.45) is -0.607. The van der Waals surface area contributed by atoms with Gasteiger partial charge in [0.1, 0.15) is 11.5 Å². The Morgan fingerprint density at radius 3 is 2.17 bits per heavy atom. The number of phenolic OH excluding ortho intramolecular Hbond substituents is 1. The summed E-state index contributed by atoms with van der Waals surface area (Å²) in [5, 5.41) is 19.5. The molecule has 3 aliphatic carbocycles. The maximum absolute atomic E-state index is 13.8. The van der Waals surface area contributed by atoms with Crippen LogP contribution in [0.3, 0.4) is 0 Å². The van der Waals surface area contributed by atoms with Gasteiger partial charge in [-0.2, -0.15) is 39.5 Å². The van der Waals surface area contributed by atoms with E-state index in [-0.39, 0.29) is 17.6 Å². The van der Waals surface area contributed by atoms with Crippen LogP contribution in [0.4, 0.5) is 39.5 Å². The minimum atomic E-state index is -6.95. The third kappa shape index (κ3) is 7.49. The zero-order valence-corrected chi connectivity index (χ0v) is 27.0. The third-order valence-electron chi connectivity index (χ3n) is 11.6. The summed E-state index contributed by atoms with van der Waals surface area (Å²) in [7, 11) is 0. The largest absolute Gasteiger partial charge is 0.508 e. The quantitative estimate of drug-likeness (QED) is 0.133. The number of carbonyl (C=O) groups excluding carboxylic acids is 1. The van der Waals surface area contributed by atoms with Crippen molar-refractivity contribution in [3.05, 3.63) is 29.3 Å². The first-order chi connectivity index (χ1) is 22.2. The van der Waals surface area contributed by atoms with Crippen LogP contribution >= 0.6 is 0 Å². The van der Waals surface area contributed by atoms with Crippen molar-refractivity contribution in [2.75, 3.05) is 0 Å². The summed E-state index contributed by atoms with van der Waals surface area (Å²) in [6.45, 7) is 2.13. The van der Waals surface area contributed by atoms with E-state index in [1.807, 2.05) is 12.1 Å². The van der Waals surface area contributed by atoms with E-state index in [0.29, 0.717) is 48.7 Å². The number of aromatic hydroxyl groups is 1. The number of carboxylic acid groups (broad SMARTS) is 1. The number of carboxylic acids is 1. The summed E-state index contributed by atoms with van der Waals surface area (Å²) in [5.74, 6) is -19.8. The van der Waals surface area contributed by atoms with Crippen LogP contribution in [-0.2, 0) is 16.0 Å². The number of Topliss-reactive ketones (excluding diaryl/α,β-unsaturated/α-hetero) is 1. The van der Waals surface area contributed by atoms with Gasteiger partial charge in [0.05, 0.1) is 5.92 Å². The number of phenols is 1. The smallest absolute Gasteiger partial charge is 0.460 e. The zero-order chi connectivity index (χ0) is 35.7. The SMILES string of the molecule is C[C@]12CCC3c4ccc(O)cc4C[C@@H](CCCCCCCC[C@H](CCCC(F)(F)C(F)(F)C(F)(F)C(F)(F)F)C(=O)O)C3C1CCC2=O. The number of rotatable bonds is 16. The Morgan fingerprint density at radius 1 is 0.896 bits per heavy atom. The number of benzene rings is 1. The average Bonchev–Trinajstić information content (AvgIpc) is 3.29. The van der Waals surface area contributed by atoms with E-state index in [9.17, 15) is 59.3 Å². The normalized spacial score (nSPS) is 26.9. The molecular formula is C35H45F9O4. The minimum absolute atomic E-state index is 0.0340. The number of hydrogen-bond donors (Lipinski definition) is 2. The molecule has 3 unspecified atom stereocenters. The number of alkyl halides is 9. The Bertz CT molecular complexity index is 1300. The van der Waals surface area contributed by atoms with E-state index in [1.54, 1.807) is 6.07 Å². The highest BCUT2D eigenvalue weighted by molar-refractivity contribution is 5.87. The molecule has 272 valence electrons. The monoisotopic (exact) mass is 700 g/mol. The molecule has 0 spiro atoms. The van der Waals surface area contributed by atoms with E-state index >= 15 is 0 Å². The van der Waals surface area contributed by atoms with Crippen LogP contribution in [0.15, 0.2) is 18.2 Å². The third-order valence-corrected chi connectivity index (χ3v) is 11.6. The van der Waals surface area contributed by atoms with Crippen molar-refractivity contribution >= 4 is 11.8 Å². The van der Waals surface area contributed by atoms with E-state index in [0.717, 1.165) is 57.8 Å². The summed E-state index contributed by atoms with van der Waals surface area (Å²) < 4.78 is 118. The number of aliphatic carboxylic acids is 1. The fourth-order valence-electron chi connectivity index (χ4n) is 8.86. The molecule has 4 rings (SSSR count). The van der Waals surface area contributed by atoms with Gasteiger partial charge in [0.25, 0.3) is 0 Å². The Balaban J connectivity index is 1.21. The Labute approximate surface area is 274 Å². The van der Waals surface area contributed by atoms with Gasteiger partial charge in [0, 0.05) is 18.3 Å². The fourth-order valence-corrected chi connectivity index (χ4v) is 8.86. The number of halogens is 9. The molecule has 0 bridgehead atoms. The first kappa shape index (κ1) is 38.3. The first-order valence-electron chi connectivity index (χ1n) is 17.0. The lowest BCUT2D eigenvalue weighted by Crippen LogP contribution is -2.60. The molecule has 2 fully saturated rings. The molecule has 3 aliphatic rings. The molecule has 6 atom stereocenters. The standard InChI is InChI=1S/C35H45F9O4/c1-31-18-16-26-25-13-12-24(45)20-23(25)19-22(29(26)27(31)14-15-28(31)46)10-7-5-3-2-4-6-9-21(30(47)48)11-8-17-32(36,37)33(38,39)34(40,41)35(42,43)44/h12-13,20-22,26-27,29,45H,2-11,14-19H2,1H3,(H,47,48)/t21-,22-,26?,27?,29?,31+/m1/s1. The van der Waals surface area contributed by atoms with Gasteiger partial charge < -0.3 is 10.2 Å². The Morgan fingerprint density at radius 2 is 1.52 bits per heavy atom. The van der Waals surface area contributed by atoms with Crippen molar-refractivity contribution in [2.45, 2.75) is 140 Å². The molecule has 48 heavy (non-hydrogen) atoms. The average molecular weight is 701 g/mol. The van der Waals surface area contributed by atoms with Crippen molar-refractivity contribution < 1.29 is 59.3 Å². The summed E-state index contributed by atoms with van der Waals surface area (Å²) in [6, 6.07) is 5.65. The molecule has 1 aromatic rings. The van der Waals surface area contributed by atoms with Gasteiger partial charge >= 0.3 is 29.9 Å². The van der Waals surface area contributed by atoms with Crippen LogP contribution in [0.2, 0.25) is 0 Å². The maximum Gasteiger partial charge on any atom is 0.460 e. The zero-order valence-electron chi connectivity index (χ0n) is 27.0. The van der Waals surface area contributed by atoms with E-state index in [1.165, 1.54) is 11.1 Å². The lowest BCUT2D eigenvalue weighted by Gasteiger charge is -2.51. The molecule has 1 aromatic carbocycles. The van der Waals surface area contributed by atoms with Crippen LogP contribution in [-0.4, -0.2) is 45.9 Å². The van der Waals surface area contributed by atoms with Crippen LogP contribution in [0.5, 0.6) is 5.75 Å². The van der Waals surface area contributed by atoms with Crippen LogP contribution in [0.1, 0.15) is 120 Å². The van der Waals surface area contributed by atoms with E-state index in [4.69, 9.17) is 0 Å². The lowest BCUT2D eigenvalue weighted by atomic mass is 9.52. The fraction of sp³-hybridized carbons (Fsp3) is 0.771. The predicted octanol–water partition coefficient (Wildman–Crippen LogP) is 10.5. The molecule has 2 saturated carbocycles. The minimum Gasteiger partial charge on any atom is -0.508 e. The van der Waals surface area contributed by atoms with E-state index in [2.05, 4.69) is 6.92 Å². The molecule has 0 saturated heterocycles. The van der Waals surface area contributed by atoms with Crippen molar-refractivity contribution in [3.8, 4) is 5.75 Å². The number of unbranched alkanes of at least 4 members (excludes halogenated alkanes) is 5. The van der Waals surface area contributed by atoms with E-state index < -0.39 is 55.1 Å². The van der Waals surface area contributed by atoms with Crippen LogP contribution < -0.4 is 0 Å². The summed E-state index contributed by atoms with van der Waals surface area (Å²) in [4.78, 5) is 24.4. The highest BCUT2D eigenvalue weighted by atomic mass is 19.4. The topological polar surface area (TPSA) is 74.6 Å². The van der Waals surface area contributed by atoms with Crippen molar-refractivity contribution in [1.29, 1.82) is 0 Å². The summed E-state index contributed by atoms with van der Waals surface area (Å²) >= 11 is 0. The number of fused-ring (bicyclic) bond motifs is 5. The first-order valence-corrected chi connectivity index (χ1v) is 17.0. The molecule has 13 heteroatoms.